The van der Waals surface area contributed by atoms with Gasteiger partial charge in [0.25, 0.3) is 0 Å². The summed E-state index contributed by atoms with van der Waals surface area (Å²) in [4.78, 5) is 4.65. The lowest BCUT2D eigenvalue weighted by Gasteiger charge is -2.21. The Bertz CT molecular complexity index is 755. The van der Waals surface area contributed by atoms with Gasteiger partial charge in [-0.15, -0.1) is 0 Å². The van der Waals surface area contributed by atoms with E-state index in [2.05, 4.69) is 40.6 Å². The highest BCUT2D eigenvalue weighted by Crippen LogP contribution is 2.34. The van der Waals surface area contributed by atoms with Gasteiger partial charge in [-0.05, 0) is 36.5 Å². The van der Waals surface area contributed by atoms with Crippen LogP contribution >= 0.6 is 0 Å². The van der Waals surface area contributed by atoms with Crippen LogP contribution < -0.4 is 14.8 Å². The first kappa shape index (κ1) is 15.1. The monoisotopic (exact) mass is 322 g/mol. The van der Waals surface area contributed by atoms with Gasteiger partial charge in [-0.3, -0.25) is 4.99 Å². The molecule has 0 aliphatic carbocycles. The normalized spacial score (nSPS) is 16.2. The first-order valence-electron chi connectivity index (χ1n) is 8.66. The number of benzene rings is 2. The second kappa shape index (κ2) is 6.95. The minimum absolute atomic E-state index is 0.626. The van der Waals surface area contributed by atoms with Crippen LogP contribution in [0.5, 0.6) is 11.5 Å². The van der Waals surface area contributed by atoms with Crippen molar-refractivity contribution in [1.82, 2.24) is 5.32 Å². The van der Waals surface area contributed by atoms with Gasteiger partial charge < -0.3 is 14.8 Å². The number of para-hydroxylation sites is 1. The molecule has 0 radical (unpaired) electrons. The number of fused-ring (bicyclic) bond motifs is 1. The highest BCUT2D eigenvalue weighted by molar-refractivity contribution is 6.00. The van der Waals surface area contributed by atoms with Crippen molar-refractivity contribution < 1.29 is 9.47 Å². The Labute approximate surface area is 142 Å². The van der Waals surface area contributed by atoms with Crippen molar-refractivity contribution in [1.29, 1.82) is 0 Å². The van der Waals surface area contributed by atoms with E-state index in [1.807, 2.05) is 12.1 Å². The minimum atomic E-state index is 0.626. The zero-order valence-corrected chi connectivity index (χ0v) is 13.8. The fourth-order valence-electron chi connectivity index (χ4n) is 3.28. The van der Waals surface area contributed by atoms with Gasteiger partial charge in [-0.25, -0.2) is 0 Å². The van der Waals surface area contributed by atoms with E-state index >= 15 is 0 Å². The van der Waals surface area contributed by atoms with E-state index < -0.39 is 0 Å². The van der Waals surface area contributed by atoms with Crippen LogP contribution in [-0.4, -0.2) is 32.1 Å². The number of nitrogens with zero attached hydrogens (tertiary/aromatic N) is 1. The van der Waals surface area contributed by atoms with Crippen LogP contribution in [0.2, 0.25) is 0 Å². The van der Waals surface area contributed by atoms with Crippen molar-refractivity contribution in [2.24, 2.45) is 4.99 Å². The third kappa shape index (κ3) is 3.09. The molecular weight excluding hydrogens is 300 g/mol. The summed E-state index contributed by atoms with van der Waals surface area (Å²) >= 11 is 0. The molecule has 4 nitrogen and oxygen atoms in total. The molecule has 2 aromatic rings. The smallest absolute Gasteiger partial charge is 0.164 e. The SMILES string of the molecule is c1ccc(C2=NCCCN2)c(CCc2cccc3c2OCCO3)c1. The zero-order chi connectivity index (χ0) is 16.2. The van der Waals surface area contributed by atoms with Gasteiger partial charge in [0.2, 0.25) is 0 Å². The van der Waals surface area contributed by atoms with Crippen molar-refractivity contribution >= 4 is 5.84 Å². The highest BCUT2D eigenvalue weighted by atomic mass is 16.6. The molecule has 2 aromatic carbocycles. The molecule has 24 heavy (non-hydrogen) atoms. The Hall–Kier alpha value is -2.49. The molecule has 0 saturated heterocycles. The second-order valence-electron chi connectivity index (χ2n) is 6.11. The maximum atomic E-state index is 5.83. The van der Waals surface area contributed by atoms with Crippen molar-refractivity contribution in [3.05, 3.63) is 59.2 Å². The van der Waals surface area contributed by atoms with E-state index in [0.29, 0.717) is 13.2 Å². The van der Waals surface area contributed by atoms with Crippen LogP contribution in [-0.2, 0) is 12.8 Å². The van der Waals surface area contributed by atoms with Gasteiger partial charge in [0.1, 0.15) is 19.0 Å². The van der Waals surface area contributed by atoms with Gasteiger partial charge in [0, 0.05) is 18.7 Å². The van der Waals surface area contributed by atoms with Gasteiger partial charge in [-0.2, -0.15) is 0 Å². The van der Waals surface area contributed by atoms with E-state index in [4.69, 9.17) is 9.47 Å². The maximum Gasteiger partial charge on any atom is 0.164 e. The fourth-order valence-corrected chi connectivity index (χ4v) is 3.28. The average molecular weight is 322 g/mol. The molecule has 1 N–H and O–H groups in total. The zero-order valence-electron chi connectivity index (χ0n) is 13.8. The molecule has 0 fully saturated rings. The van der Waals surface area contributed by atoms with Crippen LogP contribution in [0.15, 0.2) is 47.5 Å². The van der Waals surface area contributed by atoms with Gasteiger partial charge in [-0.1, -0.05) is 36.4 Å². The Balaban J connectivity index is 1.56. The van der Waals surface area contributed by atoms with E-state index in [9.17, 15) is 0 Å². The van der Waals surface area contributed by atoms with Crippen molar-refractivity contribution in [3.63, 3.8) is 0 Å². The van der Waals surface area contributed by atoms with Crippen LogP contribution in [0.1, 0.15) is 23.1 Å². The third-order valence-electron chi connectivity index (χ3n) is 4.48. The lowest BCUT2D eigenvalue weighted by atomic mass is 9.98. The van der Waals surface area contributed by atoms with Gasteiger partial charge in [0.05, 0.1) is 0 Å². The average Bonchev–Trinajstić information content (AvgIpc) is 2.67. The summed E-state index contributed by atoms with van der Waals surface area (Å²) in [6, 6.07) is 14.7. The molecule has 0 spiro atoms. The van der Waals surface area contributed by atoms with Gasteiger partial charge in [0.15, 0.2) is 11.5 Å². The summed E-state index contributed by atoms with van der Waals surface area (Å²) in [6.45, 7) is 3.17. The Kier molecular flexibility index (Phi) is 4.36. The molecule has 0 unspecified atom stereocenters. The fraction of sp³-hybridized carbons (Fsp3) is 0.350. The van der Waals surface area contributed by atoms with Crippen molar-refractivity contribution in [2.75, 3.05) is 26.3 Å². The predicted octanol–water partition coefficient (Wildman–Crippen LogP) is 2.98. The highest BCUT2D eigenvalue weighted by Gasteiger charge is 2.16. The minimum Gasteiger partial charge on any atom is -0.486 e. The molecule has 4 rings (SSSR count). The van der Waals surface area contributed by atoms with E-state index in [1.165, 1.54) is 16.7 Å². The summed E-state index contributed by atoms with van der Waals surface area (Å²) < 4.78 is 11.5. The predicted molar refractivity (Wildman–Crippen MR) is 95.3 cm³/mol. The molecule has 0 atom stereocenters. The molecule has 124 valence electrons. The number of hydrogen-bond acceptors (Lipinski definition) is 4. The molecule has 4 heteroatoms. The number of rotatable bonds is 4. The first-order chi connectivity index (χ1) is 11.9. The lowest BCUT2D eigenvalue weighted by molar-refractivity contribution is 0.170. The molecule has 0 amide bonds. The molecule has 2 aliphatic rings. The number of amidine groups is 1. The number of hydrogen-bond donors (Lipinski definition) is 1. The molecule has 0 bridgehead atoms. The molecule has 0 aromatic heterocycles. The third-order valence-corrected chi connectivity index (χ3v) is 4.48. The Morgan fingerprint density at radius 2 is 1.75 bits per heavy atom. The van der Waals surface area contributed by atoms with E-state index in [-0.39, 0.29) is 0 Å². The number of aliphatic imine (C=N–C) groups is 1. The summed E-state index contributed by atoms with van der Waals surface area (Å²) in [5, 5.41) is 3.43. The van der Waals surface area contributed by atoms with E-state index in [1.54, 1.807) is 0 Å². The lowest BCUT2D eigenvalue weighted by Crippen LogP contribution is -2.31. The maximum absolute atomic E-state index is 5.83. The molecule has 2 aliphatic heterocycles. The molecular formula is C20H22N2O2. The van der Waals surface area contributed by atoms with E-state index in [0.717, 1.165) is 49.7 Å². The second-order valence-corrected chi connectivity index (χ2v) is 6.11. The summed E-state index contributed by atoms with van der Waals surface area (Å²) in [6.07, 6.45) is 2.99. The van der Waals surface area contributed by atoms with Gasteiger partial charge >= 0.3 is 0 Å². The molecule has 2 heterocycles. The largest absolute Gasteiger partial charge is 0.486 e. The molecule has 0 saturated carbocycles. The van der Waals surface area contributed by atoms with Crippen molar-refractivity contribution in [2.45, 2.75) is 19.3 Å². The van der Waals surface area contributed by atoms with Crippen LogP contribution in [0.4, 0.5) is 0 Å². The Morgan fingerprint density at radius 1 is 0.917 bits per heavy atom. The van der Waals surface area contributed by atoms with Crippen LogP contribution in [0.3, 0.4) is 0 Å². The Morgan fingerprint density at radius 3 is 2.67 bits per heavy atom. The van der Waals surface area contributed by atoms with Crippen molar-refractivity contribution in [3.8, 4) is 11.5 Å². The van der Waals surface area contributed by atoms with Crippen LogP contribution in [0.25, 0.3) is 0 Å². The number of aryl methyl sites for hydroxylation is 2. The standard InChI is InChI=1S/C20H22N2O2/c1-2-7-17(20-21-11-4-12-22-20)15(5-1)9-10-16-6-3-8-18-19(16)24-14-13-23-18/h1-3,5-8H,4,9-14H2,(H,21,22). The topological polar surface area (TPSA) is 42.9 Å². The summed E-state index contributed by atoms with van der Waals surface area (Å²) in [7, 11) is 0. The summed E-state index contributed by atoms with van der Waals surface area (Å²) in [5.41, 5.74) is 3.75. The van der Waals surface area contributed by atoms with Crippen LogP contribution in [0, 0.1) is 0 Å². The first-order valence-corrected chi connectivity index (χ1v) is 8.66. The number of ether oxygens (including phenoxy) is 2. The quantitative estimate of drug-likeness (QED) is 0.941. The summed E-state index contributed by atoms with van der Waals surface area (Å²) in [5.74, 6) is 2.81. The number of nitrogens with one attached hydrogen (secondary N) is 1.